The van der Waals surface area contributed by atoms with Gasteiger partial charge in [-0.25, -0.2) is 4.98 Å². The Balaban J connectivity index is 1.90. The summed E-state index contributed by atoms with van der Waals surface area (Å²) in [6.07, 6.45) is 2.40. The number of aliphatic hydroxyl groups is 2. The highest BCUT2D eigenvalue weighted by molar-refractivity contribution is 7.16. The quantitative estimate of drug-likeness (QED) is 0.414. The van der Waals surface area contributed by atoms with Gasteiger partial charge in [-0.05, 0) is 49.8 Å². The van der Waals surface area contributed by atoms with Crippen LogP contribution in [0.15, 0.2) is 35.4 Å². The normalized spacial score (nSPS) is 31.6. The lowest BCUT2D eigenvalue weighted by Crippen LogP contribution is -2.45. The molecule has 0 amide bonds. The minimum atomic E-state index is -1.22. The summed E-state index contributed by atoms with van der Waals surface area (Å²) in [4.78, 5) is 30.4. The number of hydrogen-bond donors (Lipinski definition) is 2. The maximum Gasteiger partial charge on any atom is 0.309 e. The third kappa shape index (κ3) is 6.12. The lowest BCUT2D eigenvalue weighted by atomic mass is 9.73. The van der Waals surface area contributed by atoms with E-state index in [1.165, 1.54) is 16.9 Å². The van der Waals surface area contributed by atoms with Crippen molar-refractivity contribution in [3.63, 3.8) is 0 Å². The fraction of sp³-hybridized carbons (Fsp3) is 0.593. The molecule has 7 heteroatoms. The molecule has 1 aliphatic heterocycles. The number of aromatic nitrogens is 1. The zero-order chi connectivity index (χ0) is 25.0. The molecule has 1 aliphatic rings. The molecule has 1 aromatic heterocycles. The number of Topliss-reactive ketones (excluding diaryl/α,β-unsaturated/α-hetero) is 1. The molecular weight excluding hydrogens is 450 g/mol. The second-order valence-corrected chi connectivity index (χ2v) is 11.2. The Kier molecular flexibility index (Phi) is 8.66. The van der Waals surface area contributed by atoms with E-state index in [0.29, 0.717) is 6.42 Å². The van der Waals surface area contributed by atoms with E-state index in [-0.39, 0.29) is 18.1 Å². The van der Waals surface area contributed by atoms with Gasteiger partial charge in [-0.3, -0.25) is 9.59 Å². The first-order chi connectivity index (χ1) is 16.0. The number of hydrogen-bond acceptors (Lipinski definition) is 7. The second kappa shape index (κ2) is 11.1. The van der Waals surface area contributed by atoms with E-state index in [0.717, 1.165) is 35.0 Å². The van der Waals surface area contributed by atoms with Gasteiger partial charge in [0.15, 0.2) is 0 Å². The van der Waals surface area contributed by atoms with Gasteiger partial charge in [0.25, 0.3) is 0 Å². The molecule has 0 aliphatic carbocycles. The summed E-state index contributed by atoms with van der Waals surface area (Å²) >= 11 is 1.53. The summed E-state index contributed by atoms with van der Waals surface area (Å²) in [7, 11) is 0. The van der Waals surface area contributed by atoms with Gasteiger partial charge in [-0.2, -0.15) is 0 Å². The van der Waals surface area contributed by atoms with Crippen LogP contribution < -0.4 is 0 Å². The van der Waals surface area contributed by atoms with E-state index < -0.39 is 35.6 Å². The van der Waals surface area contributed by atoms with Crippen molar-refractivity contribution in [1.29, 1.82) is 0 Å². The van der Waals surface area contributed by atoms with Gasteiger partial charge < -0.3 is 14.9 Å². The Morgan fingerprint density at radius 1 is 1.18 bits per heavy atom. The number of ketones is 1. The standard InChI is InChI=1S/C27H37NO5S/c1-16-7-6-8-17(2)25(31)18(3)26(32)27(4,5)23(29)14-24(30)33-21(12-9-16)19-10-11-20-22(13-19)34-15-28-20/h9-11,13,15,17-18,21,23,25,29,31H,6-8,12,14H2,1-5H3/b16-9-/t17?,18?,21-,23?,25-/m0/s1. The third-order valence-electron chi connectivity index (χ3n) is 7.25. The van der Waals surface area contributed by atoms with E-state index in [1.54, 1.807) is 26.3 Å². The lowest BCUT2D eigenvalue weighted by molar-refractivity contribution is -0.155. The molecule has 34 heavy (non-hydrogen) atoms. The molecular formula is C27H37NO5S. The van der Waals surface area contributed by atoms with Crippen LogP contribution in [0, 0.1) is 17.3 Å². The van der Waals surface area contributed by atoms with Crippen molar-refractivity contribution in [2.45, 2.75) is 85.0 Å². The average Bonchev–Trinajstić information content (AvgIpc) is 3.27. The molecule has 6 nitrogen and oxygen atoms in total. The van der Waals surface area contributed by atoms with Crippen LogP contribution in [-0.4, -0.2) is 39.2 Å². The molecule has 3 unspecified atom stereocenters. The topological polar surface area (TPSA) is 96.7 Å². The van der Waals surface area contributed by atoms with E-state index in [4.69, 9.17) is 4.74 Å². The smallest absolute Gasteiger partial charge is 0.309 e. The van der Waals surface area contributed by atoms with Gasteiger partial charge in [-0.15, -0.1) is 11.3 Å². The van der Waals surface area contributed by atoms with Crippen LogP contribution in [0.4, 0.5) is 0 Å². The Bertz CT molecular complexity index is 1040. The number of carbonyl (C=O) groups excluding carboxylic acids is 2. The number of rotatable bonds is 1. The van der Waals surface area contributed by atoms with Crippen molar-refractivity contribution in [3.05, 3.63) is 40.9 Å². The summed E-state index contributed by atoms with van der Waals surface area (Å²) in [5.41, 5.74) is 3.58. The Hall–Kier alpha value is -2.09. The van der Waals surface area contributed by atoms with Crippen LogP contribution in [0.1, 0.15) is 78.4 Å². The van der Waals surface area contributed by atoms with Crippen molar-refractivity contribution in [3.8, 4) is 0 Å². The monoisotopic (exact) mass is 487 g/mol. The summed E-state index contributed by atoms with van der Waals surface area (Å²) in [5, 5.41) is 21.6. The number of thiazole rings is 1. The maximum absolute atomic E-state index is 13.2. The molecule has 2 N–H and O–H groups in total. The molecule has 3 rings (SSSR count). The predicted molar refractivity (Wildman–Crippen MR) is 134 cm³/mol. The molecule has 5 atom stereocenters. The van der Waals surface area contributed by atoms with Crippen LogP contribution in [0.25, 0.3) is 10.2 Å². The van der Waals surface area contributed by atoms with Crippen LogP contribution >= 0.6 is 11.3 Å². The lowest BCUT2D eigenvalue weighted by Gasteiger charge is -2.34. The number of ether oxygens (including phenoxy) is 1. The van der Waals surface area contributed by atoms with Gasteiger partial charge in [0.05, 0.1) is 39.8 Å². The predicted octanol–water partition coefficient (Wildman–Crippen LogP) is 5.38. The van der Waals surface area contributed by atoms with Gasteiger partial charge in [0.1, 0.15) is 11.9 Å². The molecule has 0 spiro atoms. The summed E-state index contributed by atoms with van der Waals surface area (Å²) < 4.78 is 6.88. The molecule has 0 bridgehead atoms. The number of allylic oxidation sites excluding steroid dienone is 1. The fourth-order valence-corrected chi connectivity index (χ4v) is 5.35. The minimum absolute atomic E-state index is 0.0450. The third-order valence-corrected chi connectivity index (χ3v) is 8.04. The maximum atomic E-state index is 13.2. The molecule has 0 radical (unpaired) electrons. The van der Waals surface area contributed by atoms with Crippen molar-refractivity contribution in [2.24, 2.45) is 17.3 Å². The van der Waals surface area contributed by atoms with E-state index in [9.17, 15) is 19.8 Å². The average molecular weight is 488 g/mol. The van der Waals surface area contributed by atoms with Crippen molar-refractivity contribution in [2.75, 3.05) is 0 Å². The van der Waals surface area contributed by atoms with E-state index >= 15 is 0 Å². The SMILES string of the molecule is C/C1=C/C[C@@H](c2ccc3ncsc3c2)OC(=O)CC(O)C(C)(C)C(=O)C(C)[C@@H](O)C(C)CCC1. The van der Waals surface area contributed by atoms with Gasteiger partial charge in [-0.1, -0.05) is 45.4 Å². The first kappa shape index (κ1) is 26.5. The molecule has 0 fully saturated rings. The number of nitrogens with zero attached hydrogens (tertiary/aromatic N) is 1. The largest absolute Gasteiger partial charge is 0.457 e. The van der Waals surface area contributed by atoms with Gasteiger partial charge >= 0.3 is 5.97 Å². The van der Waals surface area contributed by atoms with Gasteiger partial charge in [0, 0.05) is 12.3 Å². The summed E-state index contributed by atoms with van der Waals surface area (Å²) in [6, 6.07) is 5.85. The zero-order valence-corrected chi connectivity index (χ0v) is 21.6. The number of aliphatic hydroxyl groups excluding tert-OH is 2. The zero-order valence-electron chi connectivity index (χ0n) is 20.8. The van der Waals surface area contributed by atoms with E-state index in [2.05, 4.69) is 18.0 Å². The Morgan fingerprint density at radius 3 is 2.65 bits per heavy atom. The summed E-state index contributed by atoms with van der Waals surface area (Å²) in [5.74, 6) is -1.49. The molecule has 2 heterocycles. The van der Waals surface area contributed by atoms with Gasteiger partial charge in [0.2, 0.25) is 0 Å². The first-order valence-corrected chi connectivity index (χ1v) is 13.0. The fourth-order valence-electron chi connectivity index (χ4n) is 4.63. The van der Waals surface area contributed by atoms with E-state index in [1.807, 2.05) is 25.1 Å². The Labute approximate surface area is 206 Å². The number of fused-ring (bicyclic) bond motifs is 1. The van der Waals surface area contributed by atoms with Crippen LogP contribution in [0.2, 0.25) is 0 Å². The summed E-state index contributed by atoms with van der Waals surface area (Å²) in [6.45, 7) is 8.99. The van der Waals surface area contributed by atoms with Crippen LogP contribution in [0.3, 0.4) is 0 Å². The first-order valence-electron chi connectivity index (χ1n) is 12.1. The highest BCUT2D eigenvalue weighted by Gasteiger charge is 2.42. The highest BCUT2D eigenvalue weighted by atomic mass is 32.1. The van der Waals surface area contributed by atoms with Crippen LogP contribution in [-0.2, 0) is 14.3 Å². The van der Waals surface area contributed by atoms with Crippen molar-refractivity contribution < 1.29 is 24.5 Å². The number of esters is 1. The number of carbonyl (C=O) groups is 2. The highest BCUT2D eigenvalue weighted by Crippen LogP contribution is 2.34. The number of benzene rings is 1. The minimum Gasteiger partial charge on any atom is -0.457 e. The molecule has 1 aromatic carbocycles. The Morgan fingerprint density at radius 2 is 1.91 bits per heavy atom. The number of cyclic esters (lactones) is 1. The molecule has 2 aromatic rings. The van der Waals surface area contributed by atoms with Crippen molar-refractivity contribution in [1.82, 2.24) is 4.98 Å². The molecule has 0 saturated carbocycles. The molecule has 186 valence electrons. The molecule has 0 saturated heterocycles. The van der Waals surface area contributed by atoms with Crippen LogP contribution in [0.5, 0.6) is 0 Å². The second-order valence-electron chi connectivity index (χ2n) is 10.3. The van der Waals surface area contributed by atoms with Crippen molar-refractivity contribution >= 4 is 33.3 Å².